The largest absolute Gasteiger partial charge is 0.465 e. The molecule has 0 bridgehead atoms. The lowest BCUT2D eigenvalue weighted by Gasteiger charge is -2.32. The molecule has 0 aromatic heterocycles. The lowest BCUT2D eigenvalue weighted by atomic mass is 9.86. The molecule has 7 heteroatoms. The SMILES string of the molecule is CCCCC(C)(C)C(=O)NCC1OC(C)(C)N(C(=O)O)C1C[C@H](C=O)C(C)C. The van der Waals surface area contributed by atoms with E-state index < -0.39 is 29.4 Å². The predicted molar refractivity (Wildman–Crippen MR) is 108 cm³/mol. The van der Waals surface area contributed by atoms with Gasteiger partial charge in [-0.1, -0.05) is 47.5 Å². The highest BCUT2D eigenvalue weighted by atomic mass is 16.6. The minimum absolute atomic E-state index is 0.0642. The number of ether oxygens (including phenoxy) is 1. The van der Waals surface area contributed by atoms with E-state index in [-0.39, 0.29) is 24.3 Å². The first-order chi connectivity index (χ1) is 12.9. The minimum atomic E-state index is -1.08. The molecule has 28 heavy (non-hydrogen) atoms. The van der Waals surface area contributed by atoms with Crippen molar-refractivity contribution in [3.8, 4) is 0 Å². The zero-order chi connectivity index (χ0) is 21.7. The van der Waals surface area contributed by atoms with Gasteiger partial charge in [0.25, 0.3) is 0 Å². The van der Waals surface area contributed by atoms with E-state index in [1.165, 1.54) is 4.90 Å². The van der Waals surface area contributed by atoms with Gasteiger partial charge < -0.3 is 20.0 Å². The zero-order valence-corrected chi connectivity index (χ0v) is 18.4. The van der Waals surface area contributed by atoms with E-state index in [2.05, 4.69) is 12.2 Å². The summed E-state index contributed by atoms with van der Waals surface area (Å²) in [5.74, 6) is -0.241. The molecule has 2 unspecified atom stereocenters. The highest BCUT2D eigenvalue weighted by molar-refractivity contribution is 5.81. The Hall–Kier alpha value is -1.63. The average Bonchev–Trinajstić information content (AvgIpc) is 2.84. The summed E-state index contributed by atoms with van der Waals surface area (Å²) in [5, 5.41) is 12.7. The number of nitrogens with one attached hydrogen (secondary N) is 1. The second-order valence-electron chi connectivity index (χ2n) is 9.30. The van der Waals surface area contributed by atoms with Crippen molar-refractivity contribution in [2.75, 3.05) is 6.54 Å². The molecular weight excluding hydrogens is 360 g/mol. The molecule has 2 amide bonds. The van der Waals surface area contributed by atoms with Gasteiger partial charge >= 0.3 is 6.09 Å². The second-order valence-corrected chi connectivity index (χ2v) is 9.30. The van der Waals surface area contributed by atoms with Gasteiger partial charge in [-0.15, -0.1) is 0 Å². The topological polar surface area (TPSA) is 95.9 Å². The second kappa shape index (κ2) is 9.72. The number of carbonyl (C=O) groups is 3. The summed E-state index contributed by atoms with van der Waals surface area (Å²) in [6.45, 7) is 13.4. The van der Waals surface area contributed by atoms with Gasteiger partial charge in [-0.05, 0) is 32.6 Å². The first-order valence-corrected chi connectivity index (χ1v) is 10.3. The highest BCUT2D eigenvalue weighted by Crippen LogP contribution is 2.36. The number of carbonyl (C=O) groups excluding carboxylic acids is 2. The molecule has 1 aliphatic rings. The van der Waals surface area contributed by atoms with Crippen LogP contribution in [-0.2, 0) is 14.3 Å². The first-order valence-electron chi connectivity index (χ1n) is 10.3. The number of nitrogens with zero attached hydrogens (tertiary/aromatic N) is 1. The van der Waals surface area contributed by atoms with Gasteiger partial charge in [0.1, 0.15) is 12.0 Å². The van der Waals surface area contributed by atoms with Crippen molar-refractivity contribution in [3.63, 3.8) is 0 Å². The Bertz CT molecular complexity index is 559. The van der Waals surface area contributed by atoms with Crippen LogP contribution in [0.5, 0.6) is 0 Å². The Labute approximate surface area is 169 Å². The molecular formula is C21H38N2O5. The van der Waals surface area contributed by atoms with Crippen molar-refractivity contribution in [1.29, 1.82) is 0 Å². The lowest BCUT2D eigenvalue weighted by Crippen LogP contribution is -2.50. The van der Waals surface area contributed by atoms with Crippen molar-refractivity contribution < 1.29 is 24.2 Å². The van der Waals surface area contributed by atoms with Crippen molar-refractivity contribution in [2.45, 2.75) is 92.0 Å². The molecule has 1 heterocycles. The molecule has 2 N–H and O–H groups in total. The minimum Gasteiger partial charge on any atom is -0.465 e. The third kappa shape index (κ3) is 5.93. The van der Waals surface area contributed by atoms with Gasteiger partial charge in [0, 0.05) is 17.9 Å². The van der Waals surface area contributed by atoms with E-state index in [4.69, 9.17) is 4.74 Å². The predicted octanol–water partition coefficient (Wildman–Crippen LogP) is 3.66. The summed E-state index contributed by atoms with van der Waals surface area (Å²) in [6, 6.07) is -0.496. The summed E-state index contributed by atoms with van der Waals surface area (Å²) in [7, 11) is 0. The summed E-state index contributed by atoms with van der Waals surface area (Å²) in [4.78, 5) is 37.3. The monoisotopic (exact) mass is 398 g/mol. The van der Waals surface area contributed by atoms with Gasteiger partial charge in [-0.2, -0.15) is 0 Å². The Morgan fingerprint density at radius 2 is 1.93 bits per heavy atom. The van der Waals surface area contributed by atoms with Crippen molar-refractivity contribution in [3.05, 3.63) is 0 Å². The quantitative estimate of drug-likeness (QED) is 0.548. The van der Waals surface area contributed by atoms with Crippen molar-refractivity contribution in [1.82, 2.24) is 10.2 Å². The molecule has 7 nitrogen and oxygen atoms in total. The van der Waals surface area contributed by atoms with E-state index in [9.17, 15) is 19.5 Å². The van der Waals surface area contributed by atoms with Crippen LogP contribution in [0.1, 0.15) is 74.1 Å². The van der Waals surface area contributed by atoms with Crippen LogP contribution in [0.2, 0.25) is 0 Å². The number of aldehydes is 1. The molecule has 1 rings (SSSR count). The van der Waals surface area contributed by atoms with E-state index in [1.807, 2.05) is 27.7 Å². The Kier molecular flexibility index (Phi) is 8.47. The van der Waals surface area contributed by atoms with Crippen LogP contribution >= 0.6 is 0 Å². The smallest absolute Gasteiger partial charge is 0.409 e. The van der Waals surface area contributed by atoms with Crippen LogP contribution < -0.4 is 5.32 Å². The van der Waals surface area contributed by atoms with Crippen LogP contribution in [0.15, 0.2) is 0 Å². The van der Waals surface area contributed by atoms with Crippen molar-refractivity contribution >= 4 is 18.3 Å². The van der Waals surface area contributed by atoms with Crippen LogP contribution in [0, 0.1) is 17.3 Å². The average molecular weight is 399 g/mol. The fourth-order valence-electron chi connectivity index (χ4n) is 3.81. The number of rotatable bonds is 10. The van der Waals surface area contributed by atoms with Crippen LogP contribution in [0.4, 0.5) is 4.79 Å². The van der Waals surface area contributed by atoms with E-state index in [0.29, 0.717) is 6.42 Å². The molecule has 1 saturated heterocycles. The Morgan fingerprint density at radius 3 is 2.39 bits per heavy atom. The van der Waals surface area contributed by atoms with E-state index in [1.54, 1.807) is 13.8 Å². The maximum absolute atomic E-state index is 12.6. The summed E-state index contributed by atoms with van der Waals surface area (Å²) < 4.78 is 6.02. The Morgan fingerprint density at radius 1 is 1.32 bits per heavy atom. The summed E-state index contributed by atoms with van der Waals surface area (Å²) >= 11 is 0. The van der Waals surface area contributed by atoms with Gasteiger partial charge in [-0.25, -0.2) is 4.79 Å². The Balaban J connectivity index is 2.96. The normalized spacial score (nSPS) is 22.9. The van der Waals surface area contributed by atoms with Crippen molar-refractivity contribution in [2.24, 2.45) is 17.3 Å². The number of unbranched alkanes of at least 4 members (excludes halogenated alkanes) is 1. The van der Waals surface area contributed by atoms with E-state index in [0.717, 1.165) is 25.5 Å². The fraction of sp³-hybridized carbons (Fsp3) is 0.857. The van der Waals surface area contributed by atoms with Crippen LogP contribution in [0.3, 0.4) is 0 Å². The maximum atomic E-state index is 12.6. The zero-order valence-electron chi connectivity index (χ0n) is 18.4. The molecule has 3 atom stereocenters. The lowest BCUT2D eigenvalue weighted by molar-refractivity contribution is -0.131. The van der Waals surface area contributed by atoms with Gasteiger partial charge in [-0.3, -0.25) is 9.69 Å². The summed E-state index contributed by atoms with van der Waals surface area (Å²) in [6.07, 6.45) is 2.46. The first kappa shape index (κ1) is 24.4. The van der Waals surface area contributed by atoms with Gasteiger partial charge in [0.05, 0.1) is 12.1 Å². The number of carboxylic acid groups (broad SMARTS) is 1. The highest BCUT2D eigenvalue weighted by Gasteiger charge is 2.50. The molecule has 0 aromatic rings. The van der Waals surface area contributed by atoms with Crippen LogP contribution in [-0.4, -0.2) is 52.7 Å². The van der Waals surface area contributed by atoms with E-state index >= 15 is 0 Å². The molecule has 1 fully saturated rings. The fourth-order valence-corrected chi connectivity index (χ4v) is 3.81. The van der Waals surface area contributed by atoms with Gasteiger partial charge in [0.2, 0.25) is 5.91 Å². The summed E-state index contributed by atoms with van der Waals surface area (Å²) in [5.41, 5.74) is -1.51. The van der Waals surface area contributed by atoms with Crippen LogP contribution in [0.25, 0.3) is 0 Å². The number of hydrogen-bond acceptors (Lipinski definition) is 4. The molecule has 1 aliphatic heterocycles. The molecule has 0 saturated carbocycles. The number of hydrogen-bond donors (Lipinski definition) is 2. The molecule has 0 aromatic carbocycles. The van der Waals surface area contributed by atoms with Gasteiger partial charge in [0.15, 0.2) is 0 Å². The number of amides is 2. The molecule has 162 valence electrons. The standard InChI is InChI=1S/C21H38N2O5/c1-8-9-10-20(4,5)18(25)22-12-17-16(11-15(13-24)14(2)3)23(19(26)27)21(6,7)28-17/h13-17H,8-12H2,1-7H3,(H,22,25)(H,26,27)/t15-,16?,17?/m1/s1. The third-order valence-corrected chi connectivity index (χ3v) is 5.77. The molecule has 0 radical (unpaired) electrons. The third-order valence-electron chi connectivity index (χ3n) is 5.77. The molecule has 0 spiro atoms. The molecule has 0 aliphatic carbocycles. The maximum Gasteiger partial charge on any atom is 0.409 e.